The first-order chi connectivity index (χ1) is 14.8. The Kier molecular flexibility index (Phi) is 4.06. The van der Waals surface area contributed by atoms with Gasteiger partial charge in [0.1, 0.15) is 0 Å². The average molecular weight is 414 g/mol. The standard InChI is InChI=1S/C25H23N3OS/c1-2-3-12-30-14-28-19-11-7-5-9-16(19)20-17-13-26-25(29)22(17)21-15-8-4-6-10-18(15)27-23(21)24(20)28/h4-11,27H,2-3,12-14H2,1H3,(H,26,29). The summed E-state index contributed by atoms with van der Waals surface area (Å²) in [5, 5.41) is 7.72. The van der Waals surface area contributed by atoms with Crippen LogP contribution in [-0.2, 0) is 12.4 Å². The van der Waals surface area contributed by atoms with E-state index < -0.39 is 0 Å². The fourth-order valence-corrected chi connectivity index (χ4v) is 6.02. The summed E-state index contributed by atoms with van der Waals surface area (Å²) >= 11 is 1.98. The molecule has 2 N–H and O–H groups in total. The summed E-state index contributed by atoms with van der Waals surface area (Å²) < 4.78 is 2.45. The highest BCUT2D eigenvalue weighted by molar-refractivity contribution is 7.98. The van der Waals surface area contributed by atoms with Gasteiger partial charge in [-0.3, -0.25) is 4.79 Å². The molecule has 0 saturated heterocycles. The second kappa shape index (κ2) is 6.81. The summed E-state index contributed by atoms with van der Waals surface area (Å²) in [7, 11) is 0. The van der Waals surface area contributed by atoms with Crippen molar-refractivity contribution in [1.29, 1.82) is 0 Å². The zero-order valence-corrected chi connectivity index (χ0v) is 17.7. The Labute approximate surface area is 178 Å². The highest BCUT2D eigenvalue weighted by Gasteiger charge is 2.30. The number of rotatable bonds is 5. The first-order valence-corrected chi connectivity index (χ1v) is 11.8. The van der Waals surface area contributed by atoms with Gasteiger partial charge in [-0.1, -0.05) is 49.7 Å². The summed E-state index contributed by atoms with van der Waals surface area (Å²) in [5.74, 6) is 2.11. The van der Waals surface area contributed by atoms with Gasteiger partial charge in [-0.2, -0.15) is 0 Å². The summed E-state index contributed by atoms with van der Waals surface area (Å²) in [4.78, 5) is 16.6. The lowest BCUT2D eigenvalue weighted by atomic mass is 9.97. The van der Waals surface area contributed by atoms with Crippen LogP contribution in [0.4, 0.5) is 0 Å². The van der Waals surface area contributed by atoms with Gasteiger partial charge in [0.25, 0.3) is 5.91 Å². The van der Waals surface area contributed by atoms with E-state index in [4.69, 9.17) is 0 Å². The number of aromatic nitrogens is 2. The van der Waals surface area contributed by atoms with Crippen LogP contribution in [0.15, 0.2) is 48.5 Å². The molecule has 0 bridgehead atoms. The molecule has 0 atom stereocenters. The molecule has 3 aromatic carbocycles. The predicted molar refractivity (Wildman–Crippen MR) is 127 cm³/mol. The molecule has 1 aliphatic heterocycles. The number of para-hydroxylation sites is 2. The van der Waals surface area contributed by atoms with Crippen LogP contribution in [0, 0.1) is 0 Å². The maximum Gasteiger partial charge on any atom is 0.252 e. The van der Waals surface area contributed by atoms with Crippen molar-refractivity contribution < 1.29 is 4.79 Å². The first kappa shape index (κ1) is 17.9. The summed E-state index contributed by atoms with van der Waals surface area (Å²) in [6.45, 7) is 2.83. The van der Waals surface area contributed by atoms with Crippen LogP contribution < -0.4 is 5.32 Å². The number of nitrogens with zero attached hydrogens (tertiary/aromatic N) is 1. The predicted octanol–water partition coefficient (Wildman–Crippen LogP) is 6.16. The topological polar surface area (TPSA) is 49.8 Å². The molecule has 30 heavy (non-hydrogen) atoms. The minimum atomic E-state index is 0.0378. The summed E-state index contributed by atoms with van der Waals surface area (Å²) in [6, 6.07) is 16.9. The SMILES string of the molecule is CCCCSCn1c2ccccc2c2c3c(c4c5ccccc5[nH]c4c21)C(=O)NC3. The molecule has 0 radical (unpaired) electrons. The van der Waals surface area contributed by atoms with Crippen LogP contribution in [0.3, 0.4) is 0 Å². The second-order valence-electron chi connectivity index (χ2n) is 8.02. The van der Waals surface area contributed by atoms with E-state index >= 15 is 0 Å². The molecule has 0 saturated carbocycles. The lowest BCUT2D eigenvalue weighted by Gasteiger charge is -2.09. The van der Waals surface area contributed by atoms with Crippen LogP contribution in [0.25, 0.3) is 43.6 Å². The molecule has 150 valence electrons. The first-order valence-electron chi connectivity index (χ1n) is 10.6. The zero-order valence-electron chi connectivity index (χ0n) is 16.9. The molecule has 5 aromatic rings. The van der Waals surface area contributed by atoms with E-state index in [-0.39, 0.29) is 5.91 Å². The average Bonchev–Trinajstić information content (AvgIpc) is 3.43. The van der Waals surface area contributed by atoms with Crippen molar-refractivity contribution in [3.8, 4) is 0 Å². The zero-order chi connectivity index (χ0) is 20.2. The van der Waals surface area contributed by atoms with Crippen molar-refractivity contribution in [3.05, 3.63) is 59.7 Å². The number of benzene rings is 3. The largest absolute Gasteiger partial charge is 0.353 e. The van der Waals surface area contributed by atoms with Gasteiger partial charge < -0.3 is 14.9 Å². The van der Waals surface area contributed by atoms with Crippen LogP contribution in [0.1, 0.15) is 35.7 Å². The lowest BCUT2D eigenvalue weighted by Crippen LogP contribution is -2.12. The highest BCUT2D eigenvalue weighted by Crippen LogP contribution is 2.43. The van der Waals surface area contributed by atoms with Gasteiger partial charge in [0, 0.05) is 39.1 Å². The van der Waals surface area contributed by atoms with Gasteiger partial charge in [0.05, 0.1) is 22.5 Å². The number of unbranched alkanes of at least 4 members (excludes halogenated alkanes) is 1. The fraction of sp³-hybridized carbons (Fsp3) is 0.240. The Morgan fingerprint density at radius 2 is 1.83 bits per heavy atom. The fourth-order valence-electron chi connectivity index (χ4n) is 4.94. The van der Waals surface area contributed by atoms with Crippen LogP contribution >= 0.6 is 11.8 Å². The maximum absolute atomic E-state index is 12.9. The van der Waals surface area contributed by atoms with E-state index in [1.54, 1.807) is 0 Å². The Bertz CT molecular complexity index is 1460. The van der Waals surface area contributed by atoms with Gasteiger partial charge in [0.15, 0.2) is 0 Å². The Balaban J connectivity index is 1.78. The minimum absolute atomic E-state index is 0.0378. The van der Waals surface area contributed by atoms with Crippen molar-refractivity contribution in [1.82, 2.24) is 14.9 Å². The van der Waals surface area contributed by atoms with Crippen LogP contribution in [-0.4, -0.2) is 21.2 Å². The highest BCUT2D eigenvalue weighted by atomic mass is 32.2. The molecule has 6 rings (SSSR count). The summed E-state index contributed by atoms with van der Waals surface area (Å²) in [5.41, 5.74) is 6.61. The van der Waals surface area contributed by atoms with E-state index in [1.807, 2.05) is 17.8 Å². The molecule has 0 aliphatic carbocycles. The van der Waals surface area contributed by atoms with E-state index in [2.05, 4.69) is 64.3 Å². The van der Waals surface area contributed by atoms with Gasteiger partial charge in [-0.25, -0.2) is 0 Å². The number of H-pyrrole nitrogens is 1. The molecule has 5 heteroatoms. The number of nitrogens with one attached hydrogen (secondary N) is 2. The van der Waals surface area contributed by atoms with Gasteiger partial charge in [0.2, 0.25) is 0 Å². The quantitative estimate of drug-likeness (QED) is 0.339. The molecule has 1 amide bonds. The molecule has 0 spiro atoms. The molecule has 4 nitrogen and oxygen atoms in total. The van der Waals surface area contributed by atoms with E-state index in [0.29, 0.717) is 6.54 Å². The van der Waals surface area contributed by atoms with Gasteiger partial charge in [-0.15, -0.1) is 11.8 Å². The Morgan fingerprint density at radius 3 is 2.70 bits per heavy atom. The normalized spacial score (nSPS) is 13.7. The number of aromatic amines is 1. The van der Waals surface area contributed by atoms with Gasteiger partial charge in [-0.05, 0) is 29.9 Å². The van der Waals surface area contributed by atoms with Crippen molar-refractivity contribution in [2.45, 2.75) is 32.2 Å². The van der Waals surface area contributed by atoms with Crippen molar-refractivity contribution >= 4 is 61.3 Å². The maximum atomic E-state index is 12.9. The molecule has 1 aliphatic rings. The molecule has 2 aromatic heterocycles. The number of hydrogen-bond acceptors (Lipinski definition) is 2. The van der Waals surface area contributed by atoms with E-state index in [0.717, 1.165) is 44.6 Å². The molecule has 3 heterocycles. The molecular weight excluding hydrogens is 390 g/mol. The molecule has 0 unspecified atom stereocenters. The molecular formula is C25H23N3OS. The second-order valence-corrected chi connectivity index (χ2v) is 9.09. The smallest absolute Gasteiger partial charge is 0.252 e. The third-order valence-corrected chi connectivity index (χ3v) is 7.30. The van der Waals surface area contributed by atoms with E-state index in [9.17, 15) is 4.79 Å². The number of thioether (sulfide) groups is 1. The van der Waals surface area contributed by atoms with E-state index in [1.165, 1.54) is 34.6 Å². The van der Waals surface area contributed by atoms with Crippen LogP contribution in [0.5, 0.6) is 0 Å². The van der Waals surface area contributed by atoms with Crippen molar-refractivity contribution in [3.63, 3.8) is 0 Å². The minimum Gasteiger partial charge on any atom is -0.353 e. The van der Waals surface area contributed by atoms with Crippen LogP contribution in [0.2, 0.25) is 0 Å². The Hall–Kier alpha value is -2.92. The Morgan fingerprint density at radius 1 is 1.03 bits per heavy atom. The lowest BCUT2D eigenvalue weighted by molar-refractivity contribution is 0.0967. The summed E-state index contributed by atoms with van der Waals surface area (Å²) in [6.07, 6.45) is 2.45. The number of fused-ring (bicyclic) bond motifs is 10. The van der Waals surface area contributed by atoms with Crippen molar-refractivity contribution in [2.75, 3.05) is 5.75 Å². The number of amides is 1. The van der Waals surface area contributed by atoms with Gasteiger partial charge >= 0.3 is 0 Å². The number of hydrogen-bond donors (Lipinski definition) is 2. The third-order valence-electron chi connectivity index (χ3n) is 6.28. The monoisotopic (exact) mass is 413 g/mol. The number of carbonyl (C=O) groups excluding carboxylic acids is 1. The number of carbonyl (C=O) groups is 1. The van der Waals surface area contributed by atoms with Crippen molar-refractivity contribution in [2.24, 2.45) is 0 Å². The third kappa shape index (κ3) is 2.39. The molecule has 0 fully saturated rings.